The fraction of sp³-hybridized carbons (Fsp3) is 0.750. The lowest BCUT2D eigenvalue weighted by atomic mass is 9.77. The van der Waals surface area contributed by atoms with Crippen LogP contribution in [0.1, 0.15) is 32.1 Å². The van der Waals surface area contributed by atoms with Crippen LogP contribution in [0.2, 0.25) is 0 Å². The van der Waals surface area contributed by atoms with Crippen molar-refractivity contribution in [1.29, 1.82) is 0 Å². The minimum absolute atomic E-state index is 0.0762. The van der Waals surface area contributed by atoms with E-state index in [0.717, 1.165) is 38.4 Å². The Kier molecular flexibility index (Phi) is 2.73. The van der Waals surface area contributed by atoms with E-state index in [0.29, 0.717) is 0 Å². The zero-order valence-corrected chi connectivity index (χ0v) is 8.74. The van der Waals surface area contributed by atoms with E-state index in [4.69, 9.17) is 0 Å². The summed E-state index contributed by atoms with van der Waals surface area (Å²) in [5, 5.41) is 0. The fourth-order valence-corrected chi connectivity index (χ4v) is 2.43. The molecule has 78 valence electrons. The van der Waals surface area contributed by atoms with Gasteiger partial charge >= 0.3 is 0 Å². The summed E-state index contributed by atoms with van der Waals surface area (Å²) in [5.41, 5.74) is -0.0762. The third-order valence-corrected chi connectivity index (χ3v) is 3.66. The van der Waals surface area contributed by atoms with Crippen LogP contribution in [0.3, 0.4) is 0 Å². The molecular formula is C12H19NO. The standard InChI is InChI=1S/C12H19NO/c1-2-5-12(10-14)6-8-13(9-7-12)11-3-4-11/h2,10-11H,1,3-9H2. The average molecular weight is 193 g/mol. The van der Waals surface area contributed by atoms with Gasteiger partial charge in [0.05, 0.1) is 0 Å². The summed E-state index contributed by atoms with van der Waals surface area (Å²) >= 11 is 0. The monoisotopic (exact) mass is 193 g/mol. The van der Waals surface area contributed by atoms with E-state index in [1.165, 1.54) is 19.1 Å². The molecule has 1 saturated carbocycles. The highest BCUT2D eigenvalue weighted by atomic mass is 16.1. The molecule has 1 heterocycles. The van der Waals surface area contributed by atoms with Crippen molar-refractivity contribution in [2.75, 3.05) is 13.1 Å². The van der Waals surface area contributed by atoms with Crippen LogP contribution in [0.15, 0.2) is 12.7 Å². The molecular weight excluding hydrogens is 174 g/mol. The normalized spacial score (nSPS) is 27.1. The molecule has 0 spiro atoms. The molecule has 1 aliphatic heterocycles. The Bertz CT molecular complexity index is 224. The Morgan fingerprint density at radius 2 is 2.00 bits per heavy atom. The quantitative estimate of drug-likeness (QED) is 0.503. The minimum atomic E-state index is -0.0762. The molecule has 0 unspecified atom stereocenters. The number of likely N-dealkylation sites (tertiary alicyclic amines) is 1. The molecule has 14 heavy (non-hydrogen) atoms. The van der Waals surface area contributed by atoms with Crippen molar-refractivity contribution >= 4 is 6.29 Å². The SMILES string of the molecule is C=CCC1(C=O)CCN(C2CC2)CC1. The molecule has 0 amide bonds. The number of carbonyl (C=O) groups excluding carboxylic acids is 1. The Balaban J connectivity index is 1.90. The maximum absolute atomic E-state index is 11.1. The van der Waals surface area contributed by atoms with Crippen LogP contribution in [0.4, 0.5) is 0 Å². The van der Waals surface area contributed by atoms with Gasteiger partial charge in [-0.05, 0) is 45.2 Å². The predicted molar refractivity (Wildman–Crippen MR) is 57.1 cm³/mol. The van der Waals surface area contributed by atoms with Crippen LogP contribution in [-0.4, -0.2) is 30.3 Å². The molecule has 2 heteroatoms. The van der Waals surface area contributed by atoms with E-state index in [-0.39, 0.29) is 5.41 Å². The Labute approximate surface area is 86.0 Å². The Morgan fingerprint density at radius 1 is 1.36 bits per heavy atom. The molecule has 0 aromatic heterocycles. The lowest BCUT2D eigenvalue weighted by molar-refractivity contribution is -0.118. The van der Waals surface area contributed by atoms with Crippen molar-refractivity contribution in [1.82, 2.24) is 4.90 Å². The first-order valence-corrected chi connectivity index (χ1v) is 5.61. The smallest absolute Gasteiger partial charge is 0.126 e. The molecule has 0 N–H and O–H groups in total. The van der Waals surface area contributed by atoms with Crippen molar-refractivity contribution in [3.8, 4) is 0 Å². The third kappa shape index (κ3) is 1.90. The number of rotatable bonds is 4. The fourth-order valence-electron chi connectivity index (χ4n) is 2.43. The summed E-state index contributed by atoms with van der Waals surface area (Å²) in [6, 6.07) is 0.850. The molecule has 2 rings (SSSR count). The molecule has 1 aliphatic carbocycles. The van der Waals surface area contributed by atoms with E-state index in [9.17, 15) is 4.79 Å². The van der Waals surface area contributed by atoms with Gasteiger partial charge in [0.15, 0.2) is 0 Å². The largest absolute Gasteiger partial charge is 0.303 e. The zero-order chi connectivity index (χ0) is 10.0. The molecule has 0 atom stereocenters. The first kappa shape index (κ1) is 9.91. The van der Waals surface area contributed by atoms with Crippen molar-refractivity contribution in [3.63, 3.8) is 0 Å². The summed E-state index contributed by atoms with van der Waals surface area (Å²) in [6.07, 6.45) is 8.71. The Morgan fingerprint density at radius 3 is 2.43 bits per heavy atom. The maximum Gasteiger partial charge on any atom is 0.126 e. The number of aldehydes is 1. The predicted octanol–water partition coefficient (Wildman–Crippen LogP) is 2.01. The van der Waals surface area contributed by atoms with Crippen molar-refractivity contribution < 1.29 is 4.79 Å². The summed E-state index contributed by atoms with van der Waals surface area (Å²) < 4.78 is 0. The van der Waals surface area contributed by atoms with Crippen LogP contribution in [0.25, 0.3) is 0 Å². The third-order valence-electron chi connectivity index (χ3n) is 3.66. The van der Waals surface area contributed by atoms with Crippen molar-refractivity contribution in [3.05, 3.63) is 12.7 Å². The maximum atomic E-state index is 11.1. The average Bonchev–Trinajstić information content (AvgIpc) is 3.03. The first-order valence-electron chi connectivity index (χ1n) is 5.61. The van der Waals surface area contributed by atoms with Crippen LogP contribution >= 0.6 is 0 Å². The number of hydrogen-bond acceptors (Lipinski definition) is 2. The van der Waals surface area contributed by atoms with E-state index in [2.05, 4.69) is 11.5 Å². The topological polar surface area (TPSA) is 20.3 Å². The van der Waals surface area contributed by atoms with E-state index >= 15 is 0 Å². The Hall–Kier alpha value is -0.630. The second kappa shape index (κ2) is 3.85. The van der Waals surface area contributed by atoms with Gasteiger partial charge in [-0.3, -0.25) is 0 Å². The van der Waals surface area contributed by atoms with Crippen molar-refractivity contribution in [2.24, 2.45) is 5.41 Å². The zero-order valence-electron chi connectivity index (χ0n) is 8.74. The minimum Gasteiger partial charge on any atom is -0.303 e. The van der Waals surface area contributed by atoms with Crippen LogP contribution < -0.4 is 0 Å². The summed E-state index contributed by atoms with van der Waals surface area (Å²) in [4.78, 5) is 13.6. The van der Waals surface area contributed by atoms with Crippen LogP contribution in [-0.2, 0) is 4.79 Å². The molecule has 2 nitrogen and oxygen atoms in total. The molecule has 1 saturated heterocycles. The molecule has 2 aliphatic rings. The molecule has 0 radical (unpaired) electrons. The van der Waals surface area contributed by atoms with Crippen molar-refractivity contribution in [2.45, 2.75) is 38.1 Å². The molecule has 0 bridgehead atoms. The second-order valence-corrected chi connectivity index (χ2v) is 4.74. The molecule has 2 fully saturated rings. The highest BCUT2D eigenvalue weighted by Gasteiger charge is 2.38. The van der Waals surface area contributed by atoms with Gasteiger partial charge < -0.3 is 9.69 Å². The van der Waals surface area contributed by atoms with E-state index in [1.807, 2.05) is 6.08 Å². The van der Waals surface area contributed by atoms with Gasteiger partial charge in [0.1, 0.15) is 6.29 Å². The lowest BCUT2D eigenvalue weighted by Gasteiger charge is -2.37. The van der Waals surface area contributed by atoms with Crippen LogP contribution in [0.5, 0.6) is 0 Å². The van der Waals surface area contributed by atoms with E-state index in [1.54, 1.807) is 0 Å². The van der Waals surface area contributed by atoms with Crippen LogP contribution in [0, 0.1) is 5.41 Å². The number of carbonyl (C=O) groups is 1. The number of allylic oxidation sites excluding steroid dienone is 1. The first-order chi connectivity index (χ1) is 6.79. The number of nitrogens with zero attached hydrogens (tertiary/aromatic N) is 1. The van der Waals surface area contributed by atoms with Gasteiger partial charge in [0.25, 0.3) is 0 Å². The highest BCUT2D eigenvalue weighted by Crippen LogP contribution is 2.37. The number of hydrogen-bond donors (Lipinski definition) is 0. The summed E-state index contributed by atoms with van der Waals surface area (Å²) in [7, 11) is 0. The highest BCUT2D eigenvalue weighted by molar-refractivity contribution is 5.60. The van der Waals surface area contributed by atoms with Gasteiger partial charge in [-0.1, -0.05) is 6.08 Å². The van der Waals surface area contributed by atoms with Gasteiger partial charge in [-0.25, -0.2) is 0 Å². The molecule has 0 aromatic carbocycles. The second-order valence-electron chi connectivity index (χ2n) is 4.74. The van der Waals surface area contributed by atoms with Gasteiger partial charge in [0, 0.05) is 11.5 Å². The summed E-state index contributed by atoms with van der Waals surface area (Å²) in [5.74, 6) is 0. The lowest BCUT2D eigenvalue weighted by Crippen LogP contribution is -2.41. The molecule has 0 aromatic rings. The van der Waals surface area contributed by atoms with Gasteiger partial charge in [-0.2, -0.15) is 0 Å². The van der Waals surface area contributed by atoms with E-state index < -0.39 is 0 Å². The van der Waals surface area contributed by atoms with Gasteiger partial charge in [-0.15, -0.1) is 6.58 Å². The van der Waals surface area contributed by atoms with Gasteiger partial charge in [0.2, 0.25) is 0 Å². The number of piperidine rings is 1. The summed E-state index contributed by atoms with van der Waals surface area (Å²) in [6.45, 7) is 5.96.